The van der Waals surface area contributed by atoms with Crippen LogP contribution >= 0.6 is 0 Å². The van der Waals surface area contributed by atoms with Gasteiger partial charge in [0.05, 0.1) is 12.6 Å². The van der Waals surface area contributed by atoms with E-state index in [1.807, 2.05) is 70.1 Å². The number of anilines is 1. The number of fused-ring (bicyclic) bond motifs is 1. The van der Waals surface area contributed by atoms with Crippen LogP contribution < -0.4 is 4.90 Å². The molecule has 0 amide bonds. The molecule has 0 unspecified atom stereocenters. The molecule has 1 fully saturated rings. The highest BCUT2D eigenvalue weighted by Crippen LogP contribution is 2.26. The first kappa shape index (κ1) is 15.1. The van der Waals surface area contributed by atoms with Gasteiger partial charge in [0.25, 0.3) is 0 Å². The van der Waals surface area contributed by atoms with Crippen molar-refractivity contribution in [1.29, 1.82) is 0 Å². The van der Waals surface area contributed by atoms with E-state index in [0.717, 1.165) is 42.4 Å². The van der Waals surface area contributed by atoms with Crippen LogP contribution in [-0.4, -0.2) is 42.2 Å². The normalized spacial score (nSPS) is 17.2. The van der Waals surface area contributed by atoms with E-state index in [9.17, 15) is 0 Å². The molecule has 0 saturated carbocycles. The highest BCUT2D eigenvalue weighted by molar-refractivity contribution is 5.59. The van der Waals surface area contributed by atoms with Gasteiger partial charge in [0.1, 0.15) is 5.82 Å². The van der Waals surface area contributed by atoms with Crippen LogP contribution in [0, 0.1) is 0 Å². The van der Waals surface area contributed by atoms with Crippen molar-refractivity contribution in [2.45, 2.75) is 25.4 Å². The Labute approximate surface area is 150 Å². The van der Waals surface area contributed by atoms with Crippen LogP contribution in [0.4, 0.5) is 5.82 Å². The topological polar surface area (TPSA) is 64.1 Å². The van der Waals surface area contributed by atoms with E-state index in [1.54, 1.807) is 0 Å². The predicted molar refractivity (Wildman–Crippen MR) is 98.8 cm³/mol. The Hall–Kier alpha value is -3.22. The number of nitrogens with zero attached hydrogens (tertiary/aromatic N) is 7. The second-order valence-corrected chi connectivity index (χ2v) is 6.57. The van der Waals surface area contributed by atoms with E-state index >= 15 is 0 Å². The zero-order chi connectivity index (χ0) is 17.3. The average molecular weight is 345 g/mol. The van der Waals surface area contributed by atoms with Crippen molar-refractivity contribution in [2.75, 3.05) is 11.4 Å². The molecule has 0 aliphatic carbocycles. The zero-order valence-electron chi connectivity index (χ0n) is 14.3. The van der Waals surface area contributed by atoms with Crippen LogP contribution in [-0.2, 0) is 6.54 Å². The van der Waals surface area contributed by atoms with Gasteiger partial charge in [-0.1, -0.05) is 30.3 Å². The molecule has 4 aromatic rings. The highest BCUT2D eigenvalue weighted by atomic mass is 15.4. The molecule has 0 spiro atoms. The predicted octanol–water partition coefficient (Wildman–Crippen LogP) is 2.66. The molecule has 0 bridgehead atoms. The van der Waals surface area contributed by atoms with Gasteiger partial charge in [-0.25, -0.2) is 0 Å². The molecule has 7 nitrogen and oxygen atoms in total. The van der Waals surface area contributed by atoms with E-state index in [2.05, 4.69) is 20.2 Å². The summed E-state index contributed by atoms with van der Waals surface area (Å²) in [4.78, 5) is 2.37. The first-order valence-corrected chi connectivity index (χ1v) is 8.90. The summed E-state index contributed by atoms with van der Waals surface area (Å²) in [6.07, 6.45) is 6.15. The minimum absolute atomic E-state index is 0.400. The number of aromatic nitrogens is 6. The van der Waals surface area contributed by atoms with Crippen LogP contribution in [0.3, 0.4) is 0 Å². The second kappa shape index (κ2) is 6.25. The van der Waals surface area contributed by atoms with Gasteiger partial charge in [-0.3, -0.25) is 4.68 Å². The standard InChI is InChI=1S/C19H19N7/c1-2-6-15(7-3-1)19-22-21-17-9-10-18(23-26(17)19)25-13-4-8-16(25)14-24-12-5-11-20-24/h1-3,5-7,9-12,16H,4,8,13-14H2/t16-/m0/s1. The van der Waals surface area contributed by atoms with Gasteiger partial charge in [0.15, 0.2) is 11.5 Å². The van der Waals surface area contributed by atoms with E-state index in [1.165, 1.54) is 6.42 Å². The molecule has 26 heavy (non-hydrogen) atoms. The fourth-order valence-electron chi connectivity index (χ4n) is 3.65. The molecule has 4 heterocycles. The third-order valence-corrected chi connectivity index (χ3v) is 4.91. The lowest BCUT2D eigenvalue weighted by Gasteiger charge is -2.25. The fourth-order valence-corrected chi connectivity index (χ4v) is 3.65. The van der Waals surface area contributed by atoms with E-state index in [-0.39, 0.29) is 0 Å². The quantitative estimate of drug-likeness (QED) is 0.569. The second-order valence-electron chi connectivity index (χ2n) is 6.57. The molecule has 1 atom stereocenters. The van der Waals surface area contributed by atoms with Crippen LogP contribution in [0.1, 0.15) is 12.8 Å². The number of rotatable bonds is 4. The molecule has 1 saturated heterocycles. The van der Waals surface area contributed by atoms with Crippen molar-refractivity contribution in [3.63, 3.8) is 0 Å². The molecule has 5 rings (SSSR count). The Bertz CT molecular complexity index is 1010. The zero-order valence-corrected chi connectivity index (χ0v) is 14.3. The van der Waals surface area contributed by atoms with Crippen LogP contribution in [0.25, 0.3) is 17.0 Å². The molecule has 130 valence electrons. The summed E-state index contributed by atoms with van der Waals surface area (Å²) < 4.78 is 3.84. The molecule has 0 radical (unpaired) electrons. The first-order valence-electron chi connectivity index (χ1n) is 8.90. The Kier molecular flexibility index (Phi) is 3.62. The maximum Gasteiger partial charge on any atom is 0.185 e. The van der Waals surface area contributed by atoms with Gasteiger partial charge in [-0.15, -0.1) is 15.3 Å². The van der Waals surface area contributed by atoms with Crippen molar-refractivity contribution in [3.05, 3.63) is 60.9 Å². The Morgan fingerprint density at radius 3 is 2.77 bits per heavy atom. The monoisotopic (exact) mass is 345 g/mol. The van der Waals surface area contributed by atoms with Gasteiger partial charge < -0.3 is 4.90 Å². The number of hydrogen-bond donors (Lipinski definition) is 0. The average Bonchev–Trinajstić information content (AvgIpc) is 3.43. The number of benzene rings is 1. The largest absolute Gasteiger partial charge is 0.350 e. The van der Waals surface area contributed by atoms with Crippen molar-refractivity contribution in [3.8, 4) is 11.4 Å². The Morgan fingerprint density at radius 2 is 1.92 bits per heavy atom. The van der Waals surface area contributed by atoms with Gasteiger partial charge >= 0.3 is 0 Å². The van der Waals surface area contributed by atoms with Crippen LogP contribution in [0.5, 0.6) is 0 Å². The fraction of sp³-hybridized carbons (Fsp3) is 0.263. The van der Waals surface area contributed by atoms with Crippen LogP contribution in [0.15, 0.2) is 60.9 Å². The molecule has 1 aromatic carbocycles. The summed E-state index contributed by atoms with van der Waals surface area (Å²) in [6, 6.07) is 16.5. The van der Waals surface area contributed by atoms with Gasteiger partial charge in [-0.2, -0.15) is 9.61 Å². The lowest BCUT2D eigenvalue weighted by molar-refractivity contribution is 0.506. The van der Waals surface area contributed by atoms with Gasteiger partial charge in [0.2, 0.25) is 0 Å². The molecular weight excluding hydrogens is 326 g/mol. The first-order chi connectivity index (χ1) is 12.9. The third-order valence-electron chi connectivity index (χ3n) is 4.91. The lowest BCUT2D eigenvalue weighted by atomic mass is 10.2. The van der Waals surface area contributed by atoms with E-state index in [0.29, 0.717) is 6.04 Å². The van der Waals surface area contributed by atoms with E-state index in [4.69, 9.17) is 5.10 Å². The molecule has 1 aliphatic heterocycles. The minimum atomic E-state index is 0.400. The lowest BCUT2D eigenvalue weighted by Crippen LogP contribution is -2.34. The molecule has 0 N–H and O–H groups in total. The molecule has 1 aliphatic rings. The molecule has 7 heteroatoms. The maximum atomic E-state index is 4.86. The van der Waals surface area contributed by atoms with Crippen molar-refractivity contribution in [1.82, 2.24) is 29.6 Å². The summed E-state index contributed by atoms with van der Waals surface area (Å²) in [7, 11) is 0. The highest BCUT2D eigenvalue weighted by Gasteiger charge is 2.27. The molecule has 3 aromatic heterocycles. The molecular formula is C19H19N7. The van der Waals surface area contributed by atoms with E-state index < -0.39 is 0 Å². The number of hydrogen-bond acceptors (Lipinski definition) is 5. The van der Waals surface area contributed by atoms with Crippen molar-refractivity contribution < 1.29 is 0 Å². The summed E-state index contributed by atoms with van der Waals surface area (Å²) in [5, 5.41) is 17.8. The summed E-state index contributed by atoms with van der Waals surface area (Å²) in [5.41, 5.74) is 1.77. The Balaban J connectivity index is 1.51. The van der Waals surface area contributed by atoms with Gasteiger partial charge in [-0.05, 0) is 31.0 Å². The summed E-state index contributed by atoms with van der Waals surface area (Å²) >= 11 is 0. The maximum absolute atomic E-state index is 4.86. The summed E-state index contributed by atoms with van der Waals surface area (Å²) in [5.74, 6) is 1.73. The third kappa shape index (κ3) is 2.61. The van der Waals surface area contributed by atoms with Crippen molar-refractivity contribution >= 4 is 11.5 Å². The van der Waals surface area contributed by atoms with Crippen molar-refractivity contribution in [2.24, 2.45) is 0 Å². The smallest absolute Gasteiger partial charge is 0.185 e. The minimum Gasteiger partial charge on any atom is -0.350 e. The SMILES string of the molecule is c1ccc(-c2nnc3ccc(N4CCC[C@H]4Cn4cccn4)nn23)cc1. The Morgan fingerprint density at radius 1 is 1.00 bits per heavy atom. The summed E-state index contributed by atoms with van der Waals surface area (Å²) in [6.45, 7) is 1.88. The van der Waals surface area contributed by atoms with Gasteiger partial charge in [0, 0.05) is 24.5 Å². The van der Waals surface area contributed by atoms with Crippen LogP contribution in [0.2, 0.25) is 0 Å².